The summed E-state index contributed by atoms with van der Waals surface area (Å²) in [7, 11) is 0. The molecule has 1 aromatic heterocycles. The lowest BCUT2D eigenvalue weighted by atomic mass is 10.2. The minimum atomic E-state index is 0.618. The minimum absolute atomic E-state index is 0.618. The van der Waals surface area contributed by atoms with Gasteiger partial charge in [-0.25, -0.2) is 4.98 Å². The van der Waals surface area contributed by atoms with Crippen LogP contribution in [-0.2, 0) is 6.54 Å². The van der Waals surface area contributed by atoms with Crippen molar-refractivity contribution in [1.82, 2.24) is 10.3 Å². The number of thioether (sulfide) groups is 1. The SMILES string of the molecule is Cc1cnc(CNC2CCSC2C)o1. The van der Waals surface area contributed by atoms with Crippen molar-refractivity contribution in [2.45, 2.75) is 38.1 Å². The third-order valence-electron chi connectivity index (χ3n) is 2.56. The fraction of sp³-hybridized carbons (Fsp3) is 0.700. The summed E-state index contributed by atoms with van der Waals surface area (Å²) in [6.07, 6.45) is 3.02. The molecule has 2 unspecified atom stereocenters. The van der Waals surface area contributed by atoms with Crippen LogP contribution in [0.4, 0.5) is 0 Å². The van der Waals surface area contributed by atoms with Crippen molar-refractivity contribution in [2.75, 3.05) is 5.75 Å². The second-order valence-electron chi connectivity index (χ2n) is 3.72. The maximum atomic E-state index is 5.40. The van der Waals surface area contributed by atoms with Crippen molar-refractivity contribution < 1.29 is 4.42 Å². The van der Waals surface area contributed by atoms with Crippen LogP contribution in [0.5, 0.6) is 0 Å². The van der Waals surface area contributed by atoms with E-state index >= 15 is 0 Å². The molecule has 78 valence electrons. The summed E-state index contributed by atoms with van der Waals surface area (Å²) < 4.78 is 5.40. The molecule has 0 aliphatic carbocycles. The van der Waals surface area contributed by atoms with E-state index in [2.05, 4.69) is 17.2 Å². The van der Waals surface area contributed by atoms with Crippen LogP contribution in [0.1, 0.15) is 25.0 Å². The van der Waals surface area contributed by atoms with E-state index in [0.29, 0.717) is 11.3 Å². The first-order valence-electron chi connectivity index (χ1n) is 5.02. The van der Waals surface area contributed by atoms with Crippen LogP contribution in [0, 0.1) is 6.92 Å². The van der Waals surface area contributed by atoms with Gasteiger partial charge in [0.25, 0.3) is 0 Å². The molecule has 0 aromatic carbocycles. The molecule has 2 heterocycles. The van der Waals surface area contributed by atoms with E-state index in [4.69, 9.17) is 4.42 Å². The minimum Gasteiger partial charge on any atom is -0.445 e. The summed E-state index contributed by atoms with van der Waals surface area (Å²) in [6.45, 7) is 4.95. The smallest absolute Gasteiger partial charge is 0.208 e. The van der Waals surface area contributed by atoms with Crippen LogP contribution in [0.25, 0.3) is 0 Å². The first-order chi connectivity index (χ1) is 6.75. The fourth-order valence-corrected chi connectivity index (χ4v) is 2.93. The van der Waals surface area contributed by atoms with E-state index in [9.17, 15) is 0 Å². The van der Waals surface area contributed by atoms with Crippen LogP contribution in [0.2, 0.25) is 0 Å². The number of nitrogens with one attached hydrogen (secondary N) is 1. The summed E-state index contributed by atoms with van der Waals surface area (Å²) in [5.74, 6) is 2.95. The monoisotopic (exact) mass is 212 g/mol. The van der Waals surface area contributed by atoms with Crippen molar-refractivity contribution >= 4 is 11.8 Å². The lowest BCUT2D eigenvalue weighted by molar-refractivity contribution is 0.419. The van der Waals surface area contributed by atoms with Crippen LogP contribution in [-0.4, -0.2) is 22.0 Å². The Morgan fingerprint density at radius 1 is 1.71 bits per heavy atom. The van der Waals surface area contributed by atoms with E-state index in [1.807, 2.05) is 18.7 Å². The predicted octanol–water partition coefficient (Wildman–Crippen LogP) is 1.97. The Hall–Kier alpha value is -0.480. The molecule has 3 nitrogen and oxygen atoms in total. The van der Waals surface area contributed by atoms with Gasteiger partial charge in [-0.05, 0) is 19.1 Å². The highest BCUT2D eigenvalue weighted by Gasteiger charge is 2.23. The molecule has 14 heavy (non-hydrogen) atoms. The summed E-state index contributed by atoms with van der Waals surface area (Å²) in [5.41, 5.74) is 0. The molecule has 1 aliphatic rings. The average molecular weight is 212 g/mol. The van der Waals surface area contributed by atoms with Crippen molar-refractivity contribution in [2.24, 2.45) is 0 Å². The Bertz CT molecular complexity index is 300. The molecule has 1 saturated heterocycles. The highest BCUT2D eigenvalue weighted by Crippen LogP contribution is 2.26. The Morgan fingerprint density at radius 3 is 3.14 bits per heavy atom. The fourth-order valence-electron chi connectivity index (χ4n) is 1.70. The van der Waals surface area contributed by atoms with Gasteiger partial charge >= 0.3 is 0 Å². The molecule has 2 atom stereocenters. The Kier molecular flexibility index (Phi) is 3.13. The van der Waals surface area contributed by atoms with Gasteiger partial charge in [-0.15, -0.1) is 0 Å². The van der Waals surface area contributed by atoms with Gasteiger partial charge in [0.05, 0.1) is 12.7 Å². The Balaban J connectivity index is 1.82. The second kappa shape index (κ2) is 4.36. The Morgan fingerprint density at radius 2 is 2.57 bits per heavy atom. The summed E-state index contributed by atoms with van der Waals surface area (Å²) >= 11 is 2.03. The van der Waals surface area contributed by atoms with Crippen LogP contribution in [0.15, 0.2) is 10.6 Å². The third-order valence-corrected chi connectivity index (χ3v) is 3.89. The van der Waals surface area contributed by atoms with E-state index in [1.165, 1.54) is 12.2 Å². The molecule has 1 fully saturated rings. The van der Waals surface area contributed by atoms with Crippen LogP contribution >= 0.6 is 11.8 Å². The molecular weight excluding hydrogens is 196 g/mol. The van der Waals surface area contributed by atoms with Gasteiger partial charge in [0.2, 0.25) is 5.89 Å². The second-order valence-corrected chi connectivity index (χ2v) is 5.20. The summed E-state index contributed by atoms with van der Waals surface area (Å²) in [5, 5.41) is 4.20. The average Bonchev–Trinajstić information content (AvgIpc) is 2.72. The maximum absolute atomic E-state index is 5.40. The molecule has 0 saturated carbocycles. The van der Waals surface area contributed by atoms with E-state index < -0.39 is 0 Å². The van der Waals surface area contributed by atoms with E-state index in [-0.39, 0.29) is 0 Å². The van der Waals surface area contributed by atoms with Crippen molar-refractivity contribution in [3.63, 3.8) is 0 Å². The summed E-state index contributed by atoms with van der Waals surface area (Å²) in [4.78, 5) is 4.17. The first-order valence-corrected chi connectivity index (χ1v) is 6.07. The molecule has 0 amide bonds. The molecule has 0 bridgehead atoms. The summed E-state index contributed by atoms with van der Waals surface area (Å²) in [6, 6.07) is 0.618. The van der Waals surface area contributed by atoms with E-state index in [0.717, 1.165) is 18.2 Å². The molecule has 1 N–H and O–H groups in total. The topological polar surface area (TPSA) is 38.1 Å². The highest BCUT2D eigenvalue weighted by molar-refractivity contribution is 8.00. The number of aryl methyl sites for hydroxylation is 1. The van der Waals surface area contributed by atoms with Crippen molar-refractivity contribution in [3.8, 4) is 0 Å². The number of nitrogens with zero attached hydrogens (tertiary/aromatic N) is 1. The zero-order valence-corrected chi connectivity index (χ0v) is 9.43. The Labute approximate surface area is 88.7 Å². The number of hydrogen-bond acceptors (Lipinski definition) is 4. The van der Waals surface area contributed by atoms with Crippen LogP contribution < -0.4 is 5.32 Å². The van der Waals surface area contributed by atoms with Gasteiger partial charge in [-0.1, -0.05) is 6.92 Å². The number of aromatic nitrogens is 1. The molecular formula is C10H16N2OS. The number of oxazole rings is 1. The molecule has 4 heteroatoms. The molecule has 2 rings (SSSR count). The molecule has 0 radical (unpaired) electrons. The molecule has 1 aromatic rings. The van der Waals surface area contributed by atoms with Crippen molar-refractivity contribution in [1.29, 1.82) is 0 Å². The quantitative estimate of drug-likeness (QED) is 0.831. The van der Waals surface area contributed by atoms with Crippen LogP contribution in [0.3, 0.4) is 0 Å². The lowest BCUT2D eigenvalue weighted by Gasteiger charge is -2.14. The number of rotatable bonds is 3. The molecule has 0 spiro atoms. The predicted molar refractivity (Wildman–Crippen MR) is 58.4 cm³/mol. The first kappa shape index (κ1) is 10.1. The van der Waals surface area contributed by atoms with Gasteiger partial charge in [0, 0.05) is 11.3 Å². The van der Waals surface area contributed by atoms with Gasteiger partial charge in [0.1, 0.15) is 5.76 Å². The van der Waals surface area contributed by atoms with Gasteiger partial charge in [-0.2, -0.15) is 11.8 Å². The van der Waals surface area contributed by atoms with Gasteiger partial charge in [0.15, 0.2) is 0 Å². The normalized spacial score (nSPS) is 27.0. The third kappa shape index (κ3) is 2.30. The standard InChI is InChI=1S/C10H16N2OS/c1-7-5-12-10(13-7)6-11-9-3-4-14-8(9)2/h5,8-9,11H,3-4,6H2,1-2H3. The highest BCUT2D eigenvalue weighted by atomic mass is 32.2. The van der Waals surface area contributed by atoms with Gasteiger partial charge < -0.3 is 9.73 Å². The lowest BCUT2D eigenvalue weighted by Crippen LogP contribution is -2.32. The molecule has 1 aliphatic heterocycles. The number of hydrogen-bond donors (Lipinski definition) is 1. The zero-order chi connectivity index (χ0) is 9.97. The zero-order valence-electron chi connectivity index (χ0n) is 8.62. The van der Waals surface area contributed by atoms with Crippen molar-refractivity contribution in [3.05, 3.63) is 17.8 Å². The van der Waals surface area contributed by atoms with Gasteiger partial charge in [-0.3, -0.25) is 0 Å². The van der Waals surface area contributed by atoms with E-state index in [1.54, 1.807) is 6.20 Å². The maximum Gasteiger partial charge on any atom is 0.208 e. The largest absolute Gasteiger partial charge is 0.445 e.